The number of aryl methyl sites for hydroxylation is 2. The van der Waals surface area contributed by atoms with Gasteiger partial charge in [-0.2, -0.15) is 0 Å². The lowest BCUT2D eigenvalue weighted by Crippen LogP contribution is -2.18. The lowest BCUT2D eigenvalue weighted by molar-refractivity contribution is -0.144. The molecule has 0 saturated carbocycles. The summed E-state index contributed by atoms with van der Waals surface area (Å²) < 4.78 is 10.9. The number of phenolic OH excluding ortho intramolecular Hbond substituents is 2. The van der Waals surface area contributed by atoms with Gasteiger partial charge in [-0.3, -0.25) is 9.59 Å². The second-order valence-corrected chi connectivity index (χ2v) is 16.6. The maximum absolute atomic E-state index is 12.4. The highest BCUT2D eigenvalue weighted by molar-refractivity contribution is 5.70. The van der Waals surface area contributed by atoms with Gasteiger partial charge in [-0.15, -0.1) is 0 Å². The van der Waals surface area contributed by atoms with E-state index < -0.39 is 0 Å². The molecule has 2 aromatic carbocycles. The number of rotatable bonds is 12. The number of phenols is 2. The third kappa shape index (κ3) is 11.7. The van der Waals surface area contributed by atoms with E-state index in [-0.39, 0.29) is 46.4 Å². The van der Waals surface area contributed by atoms with Gasteiger partial charge in [0.05, 0.1) is 13.2 Å². The number of carbonyl (C=O) groups excluding carboxylic acids is 2. The number of aromatic hydroxyl groups is 2. The van der Waals surface area contributed by atoms with Crippen LogP contribution in [0.1, 0.15) is 149 Å². The highest BCUT2D eigenvalue weighted by Crippen LogP contribution is 2.41. The first-order valence-electron chi connectivity index (χ1n) is 16.6. The van der Waals surface area contributed by atoms with E-state index >= 15 is 0 Å². The molecule has 0 unspecified atom stereocenters. The smallest absolute Gasteiger partial charge is 0.306 e. The third-order valence-corrected chi connectivity index (χ3v) is 8.12. The zero-order chi connectivity index (χ0) is 34.4. The summed E-state index contributed by atoms with van der Waals surface area (Å²) in [5.74, 6) is 0.215. The molecular weight excluding hydrogens is 564 g/mol. The molecule has 0 amide bonds. The van der Waals surface area contributed by atoms with Crippen LogP contribution in [-0.4, -0.2) is 35.4 Å². The van der Waals surface area contributed by atoms with E-state index in [1.165, 1.54) is 0 Å². The van der Waals surface area contributed by atoms with Gasteiger partial charge in [0.15, 0.2) is 0 Å². The Morgan fingerprint density at radius 1 is 0.511 bits per heavy atom. The van der Waals surface area contributed by atoms with Crippen molar-refractivity contribution in [3.8, 4) is 11.5 Å². The van der Waals surface area contributed by atoms with E-state index in [4.69, 9.17) is 9.47 Å². The van der Waals surface area contributed by atoms with Gasteiger partial charge in [0.2, 0.25) is 0 Å². The van der Waals surface area contributed by atoms with Gasteiger partial charge in [-0.25, -0.2) is 0 Å². The predicted octanol–water partition coefficient (Wildman–Crippen LogP) is 9.11. The van der Waals surface area contributed by atoms with Crippen molar-refractivity contribution in [3.05, 3.63) is 57.6 Å². The number of hydrogen-bond donors (Lipinski definition) is 2. The van der Waals surface area contributed by atoms with Gasteiger partial charge < -0.3 is 19.7 Å². The molecule has 0 aliphatic heterocycles. The van der Waals surface area contributed by atoms with Crippen molar-refractivity contribution in [2.24, 2.45) is 0 Å². The summed E-state index contributed by atoms with van der Waals surface area (Å²) in [4.78, 5) is 24.9. The normalized spacial score (nSPS) is 12.7. The second-order valence-electron chi connectivity index (χ2n) is 16.6. The predicted molar refractivity (Wildman–Crippen MR) is 183 cm³/mol. The third-order valence-electron chi connectivity index (χ3n) is 8.12. The number of benzene rings is 2. The van der Waals surface area contributed by atoms with Crippen LogP contribution in [0.4, 0.5) is 0 Å². The Hall–Kier alpha value is -3.02. The Kier molecular flexibility index (Phi) is 12.8. The molecule has 6 heteroatoms. The Balaban J connectivity index is 1.75. The van der Waals surface area contributed by atoms with Crippen LogP contribution in [0.2, 0.25) is 0 Å². The van der Waals surface area contributed by atoms with E-state index in [0.29, 0.717) is 50.4 Å². The summed E-state index contributed by atoms with van der Waals surface area (Å²) in [6.45, 7) is 25.6. The van der Waals surface area contributed by atoms with Crippen LogP contribution in [0, 0.1) is 0 Å². The van der Waals surface area contributed by atoms with Crippen molar-refractivity contribution < 1.29 is 29.3 Å². The molecule has 0 aliphatic rings. The summed E-state index contributed by atoms with van der Waals surface area (Å²) in [5.41, 5.74) is 4.76. The van der Waals surface area contributed by atoms with Gasteiger partial charge in [0.25, 0.3) is 0 Å². The largest absolute Gasteiger partial charge is 0.507 e. The molecule has 2 N–H and O–H groups in total. The molecule has 2 aromatic rings. The van der Waals surface area contributed by atoms with Crippen LogP contribution in [-0.2, 0) is 53.6 Å². The number of hydrogen-bond acceptors (Lipinski definition) is 6. The number of carbonyl (C=O) groups is 2. The van der Waals surface area contributed by atoms with Crippen molar-refractivity contribution in [2.75, 3.05) is 13.2 Å². The molecule has 252 valence electrons. The molecule has 0 saturated heterocycles. The monoisotopic (exact) mass is 624 g/mol. The van der Waals surface area contributed by atoms with E-state index in [1.54, 1.807) is 0 Å². The van der Waals surface area contributed by atoms with Crippen molar-refractivity contribution in [3.63, 3.8) is 0 Å². The average Bonchev–Trinajstić information content (AvgIpc) is 2.88. The SMILES string of the molecule is CC(C)(C)c1cc(CCC(=O)OCCCCCOC(=O)CCc2cc(C(C)(C)C)c(O)c(C(C)(C)C)c2)cc(C(C)(C)C)c1O. The molecule has 0 atom stereocenters. The van der Waals surface area contributed by atoms with Crippen molar-refractivity contribution in [1.29, 1.82) is 0 Å². The van der Waals surface area contributed by atoms with Crippen molar-refractivity contribution in [2.45, 2.75) is 150 Å². The molecule has 45 heavy (non-hydrogen) atoms. The van der Waals surface area contributed by atoms with Gasteiger partial charge in [-0.05, 0) is 87.1 Å². The molecule has 0 spiro atoms. The van der Waals surface area contributed by atoms with E-state index in [1.807, 2.05) is 24.3 Å². The van der Waals surface area contributed by atoms with Crippen molar-refractivity contribution in [1.82, 2.24) is 0 Å². The van der Waals surface area contributed by atoms with Crippen LogP contribution in [0.25, 0.3) is 0 Å². The summed E-state index contributed by atoms with van der Waals surface area (Å²) in [6, 6.07) is 8.04. The fraction of sp³-hybridized carbons (Fsp3) is 0.641. The van der Waals surface area contributed by atoms with Gasteiger partial charge in [0, 0.05) is 12.8 Å². The first kappa shape index (κ1) is 38.2. The average molecular weight is 625 g/mol. The highest BCUT2D eigenvalue weighted by Gasteiger charge is 2.28. The lowest BCUT2D eigenvalue weighted by atomic mass is 9.78. The summed E-state index contributed by atoms with van der Waals surface area (Å²) in [5, 5.41) is 21.8. The summed E-state index contributed by atoms with van der Waals surface area (Å²) in [7, 11) is 0. The topological polar surface area (TPSA) is 93.1 Å². The molecule has 0 heterocycles. The Labute approximate surface area is 272 Å². The lowest BCUT2D eigenvalue weighted by Gasteiger charge is -2.28. The zero-order valence-corrected chi connectivity index (χ0v) is 30.2. The molecule has 0 aromatic heterocycles. The van der Waals surface area contributed by atoms with Gasteiger partial charge >= 0.3 is 11.9 Å². The minimum Gasteiger partial charge on any atom is -0.507 e. The first-order valence-corrected chi connectivity index (χ1v) is 16.6. The van der Waals surface area contributed by atoms with Crippen LogP contribution in [0.15, 0.2) is 24.3 Å². The van der Waals surface area contributed by atoms with Crippen LogP contribution >= 0.6 is 0 Å². The van der Waals surface area contributed by atoms with Crippen LogP contribution in [0.3, 0.4) is 0 Å². The molecule has 0 bridgehead atoms. The van der Waals surface area contributed by atoms with Crippen LogP contribution < -0.4 is 0 Å². The fourth-order valence-electron chi connectivity index (χ4n) is 5.35. The minimum atomic E-state index is -0.234. The molecule has 0 aliphatic carbocycles. The number of esters is 2. The minimum absolute atomic E-state index is 0.214. The maximum atomic E-state index is 12.4. The molecule has 6 nitrogen and oxygen atoms in total. The van der Waals surface area contributed by atoms with Gasteiger partial charge in [-0.1, -0.05) is 107 Å². The summed E-state index contributed by atoms with van der Waals surface area (Å²) in [6.07, 6.45) is 3.90. The Morgan fingerprint density at radius 2 is 0.778 bits per heavy atom. The highest BCUT2D eigenvalue weighted by atomic mass is 16.5. The van der Waals surface area contributed by atoms with E-state index in [9.17, 15) is 19.8 Å². The maximum Gasteiger partial charge on any atom is 0.306 e. The zero-order valence-electron chi connectivity index (χ0n) is 30.2. The molecule has 0 radical (unpaired) electrons. The quantitative estimate of drug-likeness (QED) is 0.181. The Morgan fingerprint density at radius 3 is 1.02 bits per heavy atom. The molecule has 2 rings (SSSR count). The standard InChI is InChI=1S/C39H60O6/c1-36(2,3)28-22-26(23-29(34(28)42)37(4,5)6)16-18-32(40)44-20-14-13-15-21-45-33(41)19-17-27-24-30(38(7,8)9)35(43)31(25-27)39(10,11)12/h22-25,42-43H,13-21H2,1-12H3. The van der Waals surface area contributed by atoms with E-state index in [0.717, 1.165) is 39.8 Å². The fourth-order valence-corrected chi connectivity index (χ4v) is 5.35. The molecule has 0 fully saturated rings. The van der Waals surface area contributed by atoms with Crippen molar-refractivity contribution >= 4 is 11.9 Å². The molecular formula is C39H60O6. The van der Waals surface area contributed by atoms with Crippen LogP contribution in [0.5, 0.6) is 11.5 Å². The summed E-state index contributed by atoms with van der Waals surface area (Å²) >= 11 is 0. The van der Waals surface area contributed by atoms with E-state index in [2.05, 4.69) is 83.1 Å². The number of ether oxygens (including phenoxy) is 2. The second kappa shape index (κ2) is 15.0. The first-order chi connectivity index (χ1) is 20.5. The Bertz CT molecular complexity index is 1140. The van der Waals surface area contributed by atoms with Gasteiger partial charge in [0.1, 0.15) is 11.5 Å². The number of unbranched alkanes of at least 4 members (excludes halogenated alkanes) is 2.